The van der Waals surface area contributed by atoms with E-state index in [1.807, 2.05) is 65.2 Å². The van der Waals surface area contributed by atoms with E-state index in [-0.39, 0.29) is 52.3 Å². The van der Waals surface area contributed by atoms with Gasteiger partial charge in [0.05, 0.1) is 40.2 Å². The third-order valence-electron chi connectivity index (χ3n) is 25.4. The fourth-order valence-electron chi connectivity index (χ4n) is 15.5. The Bertz CT molecular complexity index is 4530. The number of ether oxygens (including phenoxy) is 9. The Morgan fingerprint density at radius 1 is 0.698 bits per heavy atom. The zero-order valence-corrected chi connectivity index (χ0v) is 73.4. The Hall–Kier alpha value is -8.83. The molecule has 27 nitrogen and oxygen atoms in total. The zero-order chi connectivity index (χ0) is 85.8. The molecule has 2 saturated heterocycles. The minimum atomic E-state index is -3.06. The summed E-state index contributed by atoms with van der Waals surface area (Å²) >= 11 is 0. The van der Waals surface area contributed by atoms with Crippen molar-refractivity contribution >= 4 is 84.0 Å². The lowest BCUT2D eigenvalue weighted by Crippen LogP contribution is -2.82. The molecule has 5 aromatic rings. The number of rotatable bonds is 24. The van der Waals surface area contributed by atoms with Crippen molar-refractivity contribution in [1.29, 1.82) is 0 Å². The molecule has 3 aliphatic carbocycles. The van der Waals surface area contributed by atoms with Gasteiger partial charge in [-0.25, -0.2) is 19.2 Å². The molecule has 2 bridgehead atoms. The molecule has 0 radical (unpaired) electrons. The van der Waals surface area contributed by atoms with Crippen LogP contribution in [0.4, 0.5) is 16.2 Å². The van der Waals surface area contributed by atoms with E-state index in [9.17, 15) is 39.5 Å². The number of esters is 5. The number of hydrogen-bond donors (Lipinski definition) is 3. The summed E-state index contributed by atoms with van der Waals surface area (Å²) in [5.41, 5.74) is -8.91. The van der Waals surface area contributed by atoms with Crippen LogP contribution < -0.4 is 15.0 Å². The van der Waals surface area contributed by atoms with E-state index in [0.717, 1.165) is 30.9 Å². The number of nitro groups is 1. The summed E-state index contributed by atoms with van der Waals surface area (Å²) in [6.07, 6.45) is -20.5. The Morgan fingerprint density at radius 2 is 1.22 bits per heavy atom. The Morgan fingerprint density at radius 3 is 1.74 bits per heavy atom. The molecule has 2 heterocycles. The number of nitrogens with one attached hydrogen (secondary N) is 1. The lowest BCUT2D eigenvalue weighted by atomic mass is 9.44. The summed E-state index contributed by atoms with van der Waals surface area (Å²) < 4.78 is 81.0. The highest BCUT2D eigenvalue weighted by Gasteiger charge is 2.79. The van der Waals surface area contributed by atoms with Crippen molar-refractivity contribution in [2.45, 2.75) is 262 Å². The predicted octanol–water partition coefficient (Wildman–Crippen LogP) is 13.9. The maximum Gasteiger partial charge on any atom is 0.415 e. The summed E-state index contributed by atoms with van der Waals surface area (Å²) in [4.78, 5) is 134. The van der Waals surface area contributed by atoms with E-state index in [1.165, 1.54) is 77.2 Å². The molecule has 2 aliphatic heterocycles. The Labute approximate surface area is 681 Å². The fraction of sp³-hybridized carbons (Fsp3) is 0.535. The van der Waals surface area contributed by atoms with Crippen molar-refractivity contribution in [3.63, 3.8) is 0 Å². The van der Waals surface area contributed by atoms with Gasteiger partial charge in [-0.1, -0.05) is 173 Å². The number of aliphatic hydroxyl groups excluding tert-OH is 1. The fourth-order valence-corrected chi connectivity index (χ4v) is 19.4. The molecule has 5 aromatic carbocycles. The number of aliphatic hydroxyl groups is 2. The average Bonchev–Trinajstić information content (AvgIpc) is 0.667. The van der Waals surface area contributed by atoms with Crippen molar-refractivity contribution in [2.24, 2.45) is 16.7 Å². The number of Topliss-reactive ketones (excluding diaryl/α,β-unsaturated/α-hetero) is 1. The van der Waals surface area contributed by atoms with Gasteiger partial charge in [-0.05, 0) is 121 Å². The van der Waals surface area contributed by atoms with E-state index >= 15 is 19.2 Å². The number of ketones is 1. The number of hydrogen-bond acceptors (Lipinski definition) is 24. The number of anilines is 1. The summed E-state index contributed by atoms with van der Waals surface area (Å²) in [5.74, 6) is -8.96. The SMILES string of the molecule is CC(=O)O[C@H]1C(=O)[C@@]2(C)[C@H]([C@H](OC(=O)c3ccccc3)[C@]3(O)C[C@H](OC(=O)[C@H](OC(=O)N(C)c4cc([N+](=O)[O-])ccc4O[C@@H]4O[C@H](C(=O)OCc5ccccc5)[C@@H](O[Si](C)(C)C(C)(C)C)[C@H](O[Si](C)(C)C(C)(C)C)[C@H]4O[Si](C)(C)C(C)(C)C)[C@@H](NC(=O)c4ccccc4)c4ccccc4)C(C)=C1C3(C)C)[C@]1(OC(C)=O)CO[C@@H]1C[C@@H]2O. The van der Waals surface area contributed by atoms with Gasteiger partial charge in [-0.15, -0.1) is 0 Å². The normalized spacial score (nSPS) is 27.2. The highest BCUT2D eigenvalue weighted by molar-refractivity contribution is 6.75. The van der Waals surface area contributed by atoms with Crippen molar-refractivity contribution in [3.05, 3.63) is 183 Å². The second-order valence-electron chi connectivity index (χ2n) is 36.3. The predicted molar refractivity (Wildman–Crippen MR) is 435 cm³/mol. The highest BCUT2D eigenvalue weighted by Crippen LogP contribution is 2.65. The van der Waals surface area contributed by atoms with E-state index in [0.29, 0.717) is 5.56 Å². The number of nitro benzene ring substituents is 1. The summed E-state index contributed by atoms with van der Waals surface area (Å²) in [6, 6.07) is 34.1. The van der Waals surface area contributed by atoms with Crippen LogP contribution in [0.25, 0.3) is 0 Å². The number of non-ortho nitro benzene ring substituents is 1. The quantitative estimate of drug-likeness (QED) is 0.0129. The molecule has 10 rings (SSSR count). The third-order valence-corrected chi connectivity index (χ3v) is 38.8. The highest BCUT2D eigenvalue weighted by atomic mass is 28.4. The minimum Gasteiger partial charge on any atom is -0.460 e. The van der Waals surface area contributed by atoms with E-state index in [1.54, 1.807) is 66.7 Å². The maximum absolute atomic E-state index is 16.4. The van der Waals surface area contributed by atoms with Gasteiger partial charge in [0.2, 0.25) is 12.4 Å². The molecular weight excluding hydrogens is 1540 g/mol. The third kappa shape index (κ3) is 17.7. The van der Waals surface area contributed by atoms with E-state index < -0.39 is 213 Å². The zero-order valence-electron chi connectivity index (χ0n) is 70.4. The first-order valence-corrected chi connectivity index (χ1v) is 47.9. The topological polar surface area (TPSA) is 346 Å². The van der Waals surface area contributed by atoms with Gasteiger partial charge in [0.25, 0.3) is 11.6 Å². The van der Waals surface area contributed by atoms with Gasteiger partial charge in [-0.2, -0.15) is 0 Å². The van der Waals surface area contributed by atoms with Gasteiger partial charge < -0.3 is 71.4 Å². The lowest BCUT2D eigenvalue weighted by Gasteiger charge is -2.67. The second kappa shape index (κ2) is 33.5. The van der Waals surface area contributed by atoms with Crippen molar-refractivity contribution < 1.29 is 109 Å². The van der Waals surface area contributed by atoms with Crippen LogP contribution in [0, 0.1) is 26.9 Å². The first-order chi connectivity index (χ1) is 53.8. The molecule has 0 unspecified atom stereocenters. The molecule has 5 aliphatic rings. The van der Waals surface area contributed by atoms with Crippen LogP contribution in [-0.4, -0.2) is 180 Å². The number of fused-ring (bicyclic) bond motifs is 5. The Kier molecular flexibility index (Phi) is 25.9. The molecule has 2 amide bonds. The van der Waals surface area contributed by atoms with Crippen LogP contribution in [0.1, 0.15) is 155 Å². The van der Waals surface area contributed by atoms with E-state index in [2.05, 4.69) is 60.0 Å². The van der Waals surface area contributed by atoms with Crippen LogP contribution in [0.15, 0.2) is 151 Å². The molecule has 628 valence electrons. The number of benzene rings is 5. The summed E-state index contributed by atoms with van der Waals surface area (Å²) in [7, 11) is -7.86. The van der Waals surface area contributed by atoms with Crippen LogP contribution in [0.3, 0.4) is 0 Å². The molecule has 0 aromatic heterocycles. The van der Waals surface area contributed by atoms with Crippen molar-refractivity contribution in [3.8, 4) is 5.75 Å². The molecule has 2 saturated carbocycles. The standard InChI is InChI=1S/C86H113N3O24Si3/c1-50-60(47-86(99)73(109-75(95)56-41-33-26-34-42-56)71-84(15,61(92)46-62-85(71,49-103-62)110-52(3)91)72(93)65(104-51(2)90)63(50)83(86,13)14)105-77(97)66(64(54-37-29-24-30-38-54)87-74(94)55-39-31-25-32-40-55)108-79(98)88(16)58-45-57(89(100)101)43-44-59(58)106-78-70(113-116(21,22)82(10,11)12)68(112-115(19,20)81(7,8)9)67(111-114(17,18)80(4,5)6)69(107-78)76(96)102-48-53-35-27-23-28-36-53/h23-45,60-62,64-71,73,78,92,99H,46-49H2,1-22H3,(H,87,94)/t60-,61-,62+,64-,65+,66+,67-,68-,69-,70+,71-,73-,78+,84+,85-,86+/m0/s1. The van der Waals surface area contributed by atoms with Gasteiger partial charge >= 0.3 is 35.9 Å². The van der Waals surface area contributed by atoms with Crippen LogP contribution in [0.2, 0.25) is 54.4 Å². The van der Waals surface area contributed by atoms with Crippen molar-refractivity contribution in [2.75, 3.05) is 18.6 Å². The molecule has 0 spiro atoms. The van der Waals surface area contributed by atoms with Gasteiger partial charge in [-0.3, -0.25) is 34.2 Å². The van der Waals surface area contributed by atoms with Crippen LogP contribution in [0.5, 0.6) is 5.75 Å². The molecule has 4 fully saturated rings. The molecule has 16 atom stereocenters. The second-order valence-corrected chi connectivity index (χ2v) is 50.6. The first kappa shape index (κ1) is 89.5. The molecule has 30 heteroatoms. The maximum atomic E-state index is 16.4. The van der Waals surface area contributed by atoms with Gasteiger partial charge in [0.15, 0.2) is 48.5 Å². The van der Waals surface area contributed by atoms with Gasteiger partial charge in [0, 0.05) is 56.8 Å². The Balaban J connectivity index is 1.14. The smallest absolute Gasteiger partial charge is 0.415 e. The lowest BCUT2D eigenvalue weighted by molar-refractivity contribution is -0.384. The molecular formula is C86H113N3O24Si3. The molecule has 3 N–H and O–H groups in total. The minimum absolute atomic E-state index is 0.000109. The number of carbonyl (C=O) groups excluding carboxylic acids is 8. The monoisotopic (exact) mass is 1660 g/mol. The number of nitrogens with zero attached hydrogens (tertiary/aromatic N) is 2. The largest absolute Gasteiger partial charge is 0.460 e. The number of amides is 2. The average molecular weight is 1660 g/mol. The van der Waals surface area contributed by atoms with Crippen LogP contribution in [-0.2, 0) is 81.8 Å². The van der Waals surface area contributed by atoms with Crippen LogP contribution >= 0.6 is 0 Å². The molecule has 116 heavy (non-hydrogen) atoms. The van der Waals surface area contributed by atoms with Gasteiger partial charge in [0.1, 0.15) is 60.6 Å². The first-order valence-electron chi connectivity index (χ1n) is 39.1. The summed E-state index contributed by atoms with van der Waals surface area (Å²) in [5, 5.41) is 41.6. The number of carbonyl (C=O) groups is 8. The van der Waals surface area contributed by atoms with Crippen molar-refractivity contribution in [1.82, 2.24) is 5.32 Å². The van der Waals surface area contributed by atoms with E-state index in [4.69, 9.17) is 55.9 Å². The summed E-state index contributed by atoms with van der Waals surface area (Å²) in [6.45, 7) is 38.1.